The molecule has 4 rings (SSSR count). The summed E-state index contributed by atoms with van der Waals surface area (Å²) in [6.45, 7) is 2.81. The lowest BCUT2D eigenvalue weighted by molar-refractivity contribution is 0.0742. The normalized spacial score (nSPS) is 14.4. The summed E-state index contributed by atoms with van der Waals surface area (Å²) in [5.74, 6) is -0.0229. The number of amides is 1. The van der Waals surface area contributed by atoms with Crippen LogP contribution in [0.2, 0.25) is 10.0 Å². The van der Waals surface area contributed by atoms with Crippen molar-refractivity contribution >= 4 is 46.1 Å². The van der Waals surface area contributed by atoms with Gasteiger partial charge in [0.05, 0.1) is 10.7 Å². The second-order valence-electron chi connectivity index (χ2n) is 6.28. The first-order valence-electron chi connectivity index (χ1n) is 8.62. The van der Waals surface area contributed by atoms with Gasteiger partial charge >= 0.3 is 0 Å². The number of anilines is 1. The highest BCUT2D eigenvalue weighted by molar-refractivity contribution is 7.13. The van der Waals surface area contributed by atoms with Crippen LogP contribution >= 0.6 is 34.5 Å². The molecular formula is C20H17Cl2N3OS. The first-order valence-corrected chi connectivity index (χ1v) is 10.3. The van der Waals surface area contributed by atoms with E-state index in [1.165, 1.54) is 11.3 Å². The molecule has 138 valence electrons. The van der Waals surface area contributed by atoms with Crippen molar-refractivity contribution in [1.29, 1.82) is 0 Å². The molecule has 0 unspecified atom stereocenters. The summed E-state index contributed by atoms with van der Waals surface area (Å²) < 4.78 is 0. The molecule has 2 heterocycles. The number of piperazine rings is 1. The lowest BCUT2D eigenvalue weighted by Gasteiger charge is -2.36. The van der Waals surface area contributed by atoms with E-state index >= 15 is 0 Å². The Bertz CT molecular complexity index is 950. The van der Waals surface area contributed by atoms with Gasteiger partial charge in [-0.3, -0.25) is 4.79 Å². The third-order valence-corrected chi connectivity index (χ3v) is 6.04. The smallest absolute Gasteiger partial charge is 0.273 e. The number of carbonyl (C=O) groups is 1. The number of nitrogens with zero attached hydrogens (tertiary/aromatic N) is 3. The van der Waals surface area contributed by atoms with Crippen LogP contribution in [0.5, 0.6) is 0 Å². The third-order valence-electron chi connectivity index (χ3n) is 4.57. The van der Waals surface area contributed by atoms with Crippen LogP contribution < -0.4 is 4.90 Å². The quantitative estimate of drug-likeness (QED) is 0.595. The Morgan fingerprint density at radius 1 is 0.963 bits per heavy atom. The van der Waals surface area contributed by atoms with Gasteiger partial charge in [-0.05, 0) is 24.3 Å². The highest BCUT2D eigenvalue weighted by atomic mass is 35.5. The number of para-hydroxylation sites is 1. The summed E-state index contributed by atoms with van der Waals surface area (Å²) in [6, 6.07) is 15.3. The number of halogens is 2. The predicted octanol–water partition coefficient (Wildman–Crippen LogP) is 5.08. The lowest BCUT2D eigenvalue weighted by atomic mass is 10.2. The SMILES string of the molecule is O=C(c1csc(-c2ccc(Cl)cc2)n1)N1CCN(c2ccccc2Cl)CC1. The van der Waals surface area contributed by atoms with Gasteiger partial charge in [0.15, 0.2) is 0 Å². The van der Waals surface area contributed by atoms with Crippen molar-refractivity contribution in [2.75, 3.05) is 31.1 Å². The van der Waals surface area contributed by atoms with E-state index < -0.39 is 0 Å². The maximum Gasteiger partial charge on any atom is 0.273 e. The molecule has 1 aromatic heterocycles. The van der Waals surface area contributed by atoms with Crippen LogP contribution in [0.1, 0.15) is 10.5 Å². The van der Waals surface area contributed by atoms with Gasteiger partial charge in [-0.25, -0.2) is 4.98 Å². The van der Waals surface area contributed by atoms with Gasteiger partial charge in [0.1, 0.15) is 10.7 Å². The van der Waals surface area contributed by atoms with E-state index in [2.05, 4.69) is 9.88 Å². The summed E-state index contributed by atoms with van der Waals surface area (Å²) in [6.07, 6.45) is 0. The van der Waals surface area contributed by atoms with Crippen molar-refractivity contribution in [1.82, 2.24) is 9.88 Å². The average molecular weight is 418 g/mol. The van der Waals surface area contributed by atoms with Crippen molar-refractivity contribution in [3.8, 4) is 10.6 Å². The minimum absolute atomic E-state index is 0.0229. The summed E-state index contributed by atoms with van der Waals surface area (Å²) in [7, 11) is 0. The first kappa shape index (κ1) is 18.3. The van der Waals surface area contributed by atoms with Crippen molar-refractivity contribution in [3.05, 3.63) is 69.7 Å². The Hall–Kier alpha value is -2.08. The molecule has 0 saturated carbocycles. The van der Waals surface area contributed by atoms with E-state index in [9.17, 15) is 4.79 Å². The molecule has 0 atom stereocenters. The van der Waals surface area contributed by atoms with E-state index in [-0.39, 0.29) is 5.91 Å². The number of benzene rings is 2. The van der Waals surface area contributed by atoms with E-state index in [0.717, 1.165) is 34.4 Å². The molecule has 0 N–H and O–H groups in total. The minimum atomic E-state index is -0.0229. The van der Waals surface area contributed by atoms with E-state index in [4.69, 9.17) is 23.2 Å². The van der Waals surface area contributed by atoms with Gasteiger partial charge in [-0.2, -0.15) is 0 Å². The Morgan fingerprint density at radius 3 is 2.37 bits per heavy atom. The maximum atomic E-state index is 12.8. The Balaban J connectivity index is 1.43. The number of thiazole rings is 1. The fourth-order valence-corrected chi connectivity index (χ4v) is 4.30. The molecule has 2 aromatic carbocycles. The van der Waals surface area contributed by atoms with Crippen LogP contribution in [0.15, 0.2) is 53.9 Å². The Kier molecular flexibility index (Phi) is 5.34. The molecule has 0 bridgehead atoms. The molecule has 1 fully saturated rings. The van der Waals surface area contributed by atoms with Gasteiger partial charge in [0.2, 0.25) is 0 Å². The Labute approximate surface area is 172 Å². The molecular weight excluding hydrogens is 401 g/mol. The van der Waals surface area contributed by atoms with Crippen molar-refractivity contribution in [2.45, 2.75) is 0 Å². The Morgan fingerprint density at radius 2 is 1.67 bits per heavy atom. The molecule has 0 aliphatic carbocycles. The molecule has 4 nitrogen and oxygen atoms in total. The highest BCUT2D eigenvalue weighted by Crippen LogP contribution is 2.28. The second-order valence-corrected chi connectivity index (χ2v) is 7.98. The first-order chi connectivity index (χ1) is 13.1. The van der Waals surface area contributed by atoms with Gasteiger partial charge in [-0.1, -0.05) is 47.5 Å². The average Bonchev–Trinajstić information content (AvgIpc) is 3.19. The molecule has 1 saturated heterocycles. The lowest BCUT2D eigenvalue weighted by Crippen LogP contribution is -2.49. The summed E-state index contributed by atoms with van der Waals surface area (Å²) in [4.78, 5) is 21.4. The van der Waals surface area contributed by atoms with Gasteiger partial charge in [-0.15, -0.1) is 11.3 Å². The van der Waals surface area contributed by atoms with Crippen LogP contribution in [0.3, 0.4) is 0 Å². The fraction of sp³-hybridized carbons (Fsp3) is 0.200. The molecule has 3 aromatic rings. The van der Waals surface area contributed by atoms with Crippen LogP contribution in [0.4, 0.5) is 5.69 Å². The largest absolute Gasteiger partial charge is 0.367 e. The van der Waals surface area contributed by atoms with E-state index in [1.807, 2.05) is 58.8 Å². The summed E-state index contributed by atoms with van der Waals surface area (Å²) in [5, 5.41) is 4.07. The fourth-order valence-electron chi connectivity index (χ4n) is 3.12. The molecule has 0 spiro atoms. The third kappa shape index (κ3) is 3.95. The molecule has 0 radical (unpaired) electrons. The van der Waals surface area contributed by atoms with Gasteiger partial charge in [0, 0.05) is 42.1 Å². The zero-order chi connectivity index (χ0) is 18.8. The van der Waals surface area contributed by atoms with E-state index in [0.29, 0.717) is 23.8 Å². The standard InChI is InChI=1S/C20H17Cl2N3OS/c21-15-7-5-14(6-8-15)19-23-17(13-27-19)20(26)25-11-9-24(10-12-25)18-4-2-1-3-16(18)22/h1-8,13H,9-12H2. The van der Waals surface area contributed by atoms with Gasteiger partial charge < -0.3 is 9.80 Å². The van der Waals surface area contributed by atoms with Crippen LogP contribution in [-0.4, -0.2) is 42.0 Å². The maximum absolute atomic E-state index is 12.8. The minimum Gasteiger partial charge on any atom is -0.367 e. The highest BCUT2D eigenvalue weighted by Gasteiger charge is 2.24. The number of carbonyl (C=O) groups excluding carboxylic acids is 1. The molecule has 1 aliphatic rings. The monoisotopic (exact) mass is 417 g/mol. The van der Waals surface area contributed by atoms with Crippen LogP contribution in [0.25, 0.3) is 10.6 Å². The van der Waals surface area contributed by atoms with Crippen molar-refractivity contribution < 1.29 is 4.79 Å². The van der Waals surface area contributed by atoms with E-state index in [1.54, 1.807) is 0 Å². The zero-order valence-corrected chi connectivity index (χ0v) is 16.8. The van der Waals surface area contributed by atoms with Gasteiger partial charge in [0.25, 0.3) is 5.91 Å². The predicted molar refractivity (Wildman–Crippen MR) is 112 cm³/mol. The molecule has 7 heteroatoms. The molecule has 1 aliphatic heterocycles. The summed E-state index contributed by atoms with van der Waals surface area (Å²) in [5.41, 5.74) is 2.48. The topological polar surface area (TPSA) is 36.4 Å². The number of hydrogen-bond acceptors (Lipinski definition) is 4. The number of hydrogen-bond donors (Lipinski definition) is 0. The molecule has 1 amide bonds. The number of aromatic nitrogens is 1. The van der Waals surface area contributed by atoms with Crippen LogP contribution in [0, 0.1) is 0 Å². The van der Waals surface area contributed by atoms with Crippen molar-refractivity contribution in [2.24, 2.45) is 0 Å². The van der Waals surface area contributed by atoms with Crippen molar-refractivity contribution in [3.63, 3.8) is 0 Å². The number of rotatable bonds is 3. The van der Waals surface area contributed by atoms with Crippen LogP contribution in [-0.2, 0) is 0 Å². The second kappa shape index (κ2) is 7.89. The molecule has 27 heavy (non-hydrogen) atoms. The summed E-state index contributed by atoms with van der Waals surface area (Å²) >= 11 is 13.7. The zero-order valence-electron chi connectivity index (χ0n) is 14.4.